The molecule has 4 nitrogen and oxygen atoms in total. The van der Waals surface area contributed by atoms with E-state index in [1.54, 1.807) is 0 Å². The number of hydrogen-bond donors (Lipinski definition) is 0. The Labute approximate surface area is 115 Å². The minimum Gasteiger partial charge on any atom is -0.339 e. The minimum atomic E-state index is 0.0265. The molecule has 0 aromatic carbocycles. The standard InChI is InChI=1S/C15H24N2O2/c1-5-6-7-13(4)15(19)17-10-8-16(9-11-17)14(18)12(2)3/h5-7,12H,8-11H2,1-4H3/b6-5-,13-7+. The van der Waals surface area contributed by atoms with Crippen molar-refractivity contribution in [2.24, 2.45) is 5.92 Å². The van der Waals surface area contributed by atoms with Crippen molar-refractivity contribution in [1.82, 2.24) is 9.80 Å². The summed E-state index contributed by atoms with van der Waals surface area (Å²) in [4.78, 5) is 27.7. The minimum absolute atomic E-state index is 0.0265. The van der Waals surface area contributed by atoms with E-state index in [2.05, 4.69) is 0 Å². The largest absolute Gasteiger partial charge is 0.339 e. The average molecular weight is 264 g/mol. The Kier molecular flexibility index (Phi) is 5.80. The molecule has 1 rings (SSSR count). The van der Waals surface area contributed by atoms with Gasteiger partial charge in [0.2, 0.25) is 11.8 Å². The first kappa shape index (κ1) is 15.5. The Balaban J connectivity index is 2.54. The summed E-state index contributed by atoms with van der Waals surface area (Å²) in [6, 6.07) is 0. The van der Waals surface area contributed by atoms with E-state index in [4.69, 9.17) is 0 Å². The third-order valence-electron chi connectivity index (χ3n) is 3.25. The lowest BCUT2D eigenvalue weighted by Crippen LogP contribution is -2.51. The van der Waals surface area contributed by atoms with Gasteiger partial charge in [0, 0.05) is 37.7 Å². The molecule has 1 heterocycles. The van der Waals surface area contributed by atoms with Crippen molar-refractivity contribution in [3.8, 4) is 0 Å². The van der Waals surface area contributed by atoms with Crippen LogP contribution in [-0.2, 0) is 9.59 Å². The molecule has 0 atom stereocenters. The molecule has 0 saturated carbocycles. The molecular formula is C15H24N2O2. The molecular weight excluding hydrogens is 240 g/mol. The maximum atomic E-state index is 12.1. The Hall–Kier alpha value is -1.58. The maximum Gasteiger partial charge on any atom is 0.249 e. The molecule has 0 aromatic heterocycles. The summed E-state index contributed by atoms with van der Waals surface area (Å²) in [5.74, 6) is 0.265. The molecule has 2 amide bonds. The van der Waals surface area contributed by atoms with Crippen LogP contribution in [0.25, 0.3) is 0 Å². The van der Waals surface area contributed by atoms with Gasteiger partial charge in [-0.3, -0.25) is 9.59 Å². The molecule has 1 aliphatic heterocycles. The lowest BCUT2D eigenvalue weighted by molar-refractivity contribution is -0.139. The molecule has 0 aromatic rings. The Morgan fingerprint density at radius 1 is 1.05 bits per heavy atom. The summed E-state index contributed by atoms with van der Waals surface area (Å²) in [6.45, 7) is 10.1. The van der Waals surface area contributed by atoms with Crippen molar-refractivity contribution in [3.63, 3.8) is 0 Å². The molecule has 0 aliphatic carbocycles. The zero-order valence-corrected chi connectivity index (χ0v) is 12.3. The van der Waals surface area contributed by atoms with Crippen LogP contribution in [0.15, 0.2) is 23.8 Å². The fraction of sp³-hybridized carbons (Fsp3) is 0.600. The van der Waals surface area contributed by atoms with Crippen molar-refractivity contribution in [2.75, 3.05) is 26.2 Å². The van der Waals surface area contributed by atoms with Gasteiger partial charge in [0.05, 0.1) is 0 Å². The van der Waals surface area contributed by atoms with Gasteiger partial charge in [0.1, 0.15) is 0 Å². The number of rotatable bonds is 3. The van der Waals surface area contributed by atoms with Gasteiger partial charge in [-0.15, -0.1) is 0 Å². The molecule has 106 valence electrons. The van der Waals surface area contributed by atoms with E-state index < -0.39 is 0 Å². The number of piperazine rings is 1. The molecule has 19 heavy (non-hydrogen) atoms. The second-order valence-corrected chi connectivity index (χ2v) is 5.15. The van der Waals surface area contributed by atoms with E-state index in [0.717, 1.165) is 5.57 Å². The number of allylic oxidation sites excluding steroid dienone is 3. The highest BCUT2D eigenvalue weighted by molar-refractivity contribution is 5.93. The predicted octanol–water partition coefficient (Wildman–Crippen LogP) is 1.84. The summed E-state index contributed by atoms with van der Waals surface area (Å²) in [7, 11) is 0. The maximum absolute atomic E-state index is 12.1. The highest BCUT2D eigenvalue weighted by Crippen LogP contribution is 2.10. The van der Waals surface area contributed by atoms with E-state index >= 15 is 0 Å². The fourth-order valence-corrected chi connectivity index (χ4v) is 2.06. The van der Waals surface area contributed by atoms with Gasteiger partial charge in [-0.25, -0.2) is 0 Å². The Bertz CT molecular complexity index is 389. The van der Waals surface area contributed by atoms with Crippen molar-refractivity contribution in [1.29, 1.82) is 0 Å². The summed E-state index contributed by atoms with van der Waals surface area (Å²) in [5, 5.41) is 0. The lowest BCUT2D eigenvalue weighted by Gasteiger charge is -2.35. The number of nitrogens with zero attached hydrogens (tertiary/aromatic N) is 2. The molecule has 4 heteroatoms. The van der Waals surface area contributed by atoms with Crippen LogP contribution in [0.5, 0.6) is 0 Å². The van der Waals surface area contributed by atoms with E-state index in [0.29, 0.717) is 26.2 Å². The van der Waals surface area contributed by atoms with Crippen LogP contribution in [-0.4, -0.2) is 47.8 Å². The van der Waals surface area contributed by atoms with E-state index in [9.17, 15) is 9.59 Å². The molecule has 0 radical (unpaired) electrons. The van der Waals surface area contributed by atoms with Crippen LogP contribution in [0, 0.1) is 5.92 Å². The SMILES string of the molecule is C/C=C\C=C(/C)C(=O)N1CCN(C(=O)C(C)C)CC1. The number of carbonyl (C=O) groups is 2. The first-order valence-electron chi connectivity index (χ1n) is 6.85. The Morgan fingerprint density at radius 3 is 2.05 bits per heavy atom. The van der Waals surface area contributed by atoms with Gasteiger partial charge >= 0.3 is 0 Å². The van der Waals surface area contributed by atoms with E-state index in [1.165, 1.54) is 0 Å². The first-order chi connectivity index (χ1) is 8.97. The zero-order chi connectivity index (χ0) is 14.4. The summed E-state index contributed by atoms with van der Waals surface area (Å²) >= 11 is 0. The van der Waals surface area contributed by atoms with Gasteiger partial charge in [-0.1, -0.05) is 32.1 Å². The van der Waals surface area contributed by atoms with Crippen molar-refractivity contribution >= 4 is 11.8 Å². The summed E-state index contributed by atoms with van der Waals surface area (Å²) in [6.07, 6.45) is 5.59. The van der Waals surface area contributed by atoms with Crippen LogP contribution in [0.2, 0.25) is 0 Å². The third-order valence-corrected chi connectivity index (χ3v) is 3.25. The van der Waals surface area contributed by atoms with Gasteiger partial charge in [0.15, 0.2) is 0 Å². The van der Waals surface area contributed by atoms with Gasteiger partial charge in [-0.05, 0) is 13.8 Å². The molecule has 0 N–H and O–H groups in total. The first-order valence-corrected chi connectivity index (χ1v) is 6.85. The quantitative estimate of drug-likeness (QED) is 0.576. The van der Waals surface area contributed by atoms with Crippen LogP contribution in [0.4, 0.5) is 0 Å². The highest BCUT2D eigenvalue weighted by atomic mass is 16.2. The van der Waals surface area contributed by atoms with Gasteiger partial charge < -0.3 is 9.80 Å². The zero-order valence-electron chi connectivity index (χ0n) is 12.3. The summed E-state index contributed by atoms with van der Waals surface area (Å²) in [5.41, 5.74) is 0.738. The van der Waals surface area contributed by atoms with E-state index in [1.807, 2.05) is 55.7 Å². The highest BCUT2D eigenvalue weighted by Gasteiger charge is 2.25. The smallest absolute Gasteiger partial charge is 0.249 e. The number of carbonyl (C=O) groups excluding carboxylic acids is 2. The van der Waals surface area contributed by atoms with Crippen LogP contribution >= 0.6 is 0 Å². The number of amides is 2. The topological polar surface area (TPSA) is 40.6 Å². The molecule has 0 spiro atoms. The lowest BCUT2D eigenvalue weighted by atomic mass is 10.1. The van der Waals surface area contributed by atoms with E-state index in [-0.39, 0.29) is 17.7 Å². The van der Waals surface area contributed by atoms with Crippen LogP contribution in [0.3, 0.4) is 0 Å². The normalized spacial score (nSPS) is 17.4. The Morgan fingerprint density at radius 2 is 1.58 bits per heavy atom. The predicted molar refractivity (Wildman–Crippen MR) is 76.6 cm³/mol. The number of hydrogen-bond acceptors (Lipinski definition) is 2. The summed E-state index contributed by atoms with van der Waals surface area (Å²) < 4.78 is 0. The van der Waals surface area contributed by atoms with Crippen molar-refractivity contribution in [3.05, 3.63) is 23.8 Å². The second kappa shape index (κ2) is 7.12. The van der Waals surface area contributed by atoms with Crippen molar-refractivity contribution in [2.45, 2.75) is 27.7 Å². The van der Waals surface area contributed by atoms with Crippen LogP contribution < -0.4 is 0 Å². The van der Waals surface area contributed by atoms with Crippen LogP contribution in [0.1, 0.15) is 27.7 Å². The molecule has 1 aliphatic rings. The van der Waals surface area contributed by atoms with Crippen molar-refractivity contribution < 1.29 is 9.59 Å². The molecule has 1 fully saturated rings. The third kappa shape index (κ3) is 4.23. The molecule has 0 bridgehead atoms. The molecule has 0 unspecified atom stereocenters. The molecule has 1 saturated heterocycles. The average Bonchev–Trinajstić information content (AvgIpc) is 2.43. The fourth-order valence-electron chi connectivity index (χ4n) is 2.06. The van der Waals surface area contributed by atoms with Gasteiger partial charge in [0.25, 0.3) is 0 Å². The van der Waals surface area contributed by atoms with Gasteiger partial charge in [-0.2, -0.15) is 0 Å². The monoisotopic (exact) mass is 264 g/mol. The second-order valence-electron chi connectivity index (χ2n) is 5.15.